The molecule has 0 saturated heterocycles. The van der Waals surface area contributed by atoms with Crippen LogP contribution < -0.4 is 0 Å². The van der Waals surface area contributed by atoms with Gasteiger partial charge in [0.25, 0.3) is 5.12 Å². The average Bonchev–Trinajstić information content (AvgIpc) is 2.40. The van der Waals surface area contributed by atoms with Gasteiger partial charge in [0.1, 0.15) is 0 Å². The zero-order valence-corrected chi connectivity index (χ0v) is 9.72. The number of rotatable bonds is 2. The Kier molecular flexibility index (Phi) is 3.06. The highest BCUT2D eigenvalue weighted by Crippen LogP contribution is 2.15. The number of hydrogen-bond donors (Lipinski definition) is 0. The summed E-state index contributed by atoms with van der Waals surface area (Å²) in [7, 11) is -3.93. The van der Waals surface area contributed by atoms with Crippen molar-refractivity contribution in [3.63, 3.8) is 0 Å². The summed E-state index contributed by atoms with van der Waals surface area (Å²) in [4.78, 5) is 11.9. The van der Waals surface area contributed by atoms with E-state index >= 15 is 0 Å². The van der Waals surface area contributed by atoms with Gasteiger partial charge in [-0.1, -0.05) is 48.5 Å². The molecule has 0 N–H and O–H groups in total. The third-order valence-corrected chi connectivity index (χ3v) is 3.92. The molecule has 0 spiro atoms. The summed E-state index contributed by atoms with van der Waals surface area (Å²) >= 11 is 0. The lowest BCUT2D eigenvalue weighted by molar-refractivity contribution is 0.107. The fraction of sp³-hybridized carbons (Fsp3) is 0. The molecule has 0 unspecified atom stereocenters. The lowest BCUT2D eigenvalue weighted by atomic mass is 10.2. The van der Waals surface area contributed by atoms with Crippen LogP contribution in [0, 0.1) is 0 Å². The molecular weight excluding hydrogens is 236 g/mol. The van der Waals surface area contributed by atoms with E-state index < -0.39 is 15.0 Å². The van der Waals surface area contributed by atoms with Gasteiger partial charge >= 0.3 is 0 Å². The van der Waals surface area contributed by atoms with Crippen LogP contribution in [0.15, 0.2) is 65.6 Å². The lowest BCUT2D eigenvalue weighted by Gasteiger charge is -2.02. The van der Waals surface area contributed by atoms with E-state index in [-0.39, 0.29) is 10.5 Å². The fourth-order valence-electron chi connectivity index (χ4n) is 1.44. The summed E-state index contributed by atoms with van der Waals surface area (Å²) in [5.41, 5.74) is 0.177. The van der Waals surface area contributed by atoms with Crippen molar-refractivity contribution in [2.45, 2.75) is 4.90 Å². The van der Waals surface area contributed by atoms with E-state index in [1.165, 1.54) is 24.3 Å². The SMILES string of the molecule is O=C(c1ccccc1)S(=O)(=O)c1ccccc1. The number of hydrogen-bond acceptors (Lipinski definition) is 3. The van der Waals surface area contributed by atoms with Gasteiger partial charge in [0.15, 0.2) is 0 Å². The average molecular weight is 246 g/mol. The van der Waals surface area contributed by atoms with Crippen molar-refractivity contribution in [2.24, 2.45) is 0 Å². The quantitative estimate of drug-likeness (QED) is 0.817. The maximum Gasteiger partial charge on any atom is 0.281 e. The molecule has 2 rings (SSSR count). The highest BCUT2D eigenvalue weighted by molar-refractivity contribution is 8.06. The molecule has 0 bridgehead atoms. The van der Waals surface area contributed by atoms with E-state index in [0.717, 1.165) is 0 Å². The van der Waals surface area contributed by atoms with Gasteiger partial charge < -0.3 is 0 Å². The third kappa shape index (κ3) is 2.26. The lowest BCUT2D eigenvalue weighted by Crippen LogP contribution is -2.15. The Balaban J connectivity index is 2.45. The molecule has 0 heterocycles. The second-order valence-electron chi connectivity index (χ2n) is 3.47. The van der Waals surface area contributed by atoms with Crippen LogP contribution in [0.1, 0.15) is 10.4 Å². The molecule has 2 aromatic rings. The predicted octanol–water partition coefficient (Wildman–Crippen LogP) is 2.30. The molecule has 17 heavy (non-hydrogen) atoms. The van der Waals surface area contributed by atoms with Gasteiger partial charge in [-0.2, -0.15) is 0 Å². The molecule has 0 aliphatic carbocycles. The van der Waals surface area contributed by atoms with Gasteiger partial charge in [0.05, 0.1) is 4.90 Å². The third-order valence-electron chi connectivity index (χ3n) is 2.31. The highest BCUT2D eigenvalue weighted by Gasteiger charge is 2.25. The molecule has 0 radical (unpaired) electrons. The Morgan fingerprint density at radius 1 is 0.765 bits per heavy atom. The summed E-state index contributed by atoms with van der Waals surface area (Å²) in [6, 6.07) is 15.7. The molecule has 0 aliphatic heterocycles. The summed E-state index contributed by atoms with van der Waals surface area (Å²) in [6.45, 7) is 0. The Hall–Kier alpha value is -1.94. The molecule has 0 aliphatic rings. The molecule has 0 atom stereocenters. The van der Waals surface area contributed by atoms with Crippen molar-refractivity contribution < 1.29 is 13.2 Å². The van der Waals surface area contributed by atoms with Crippen molar-refractivity contribution in [3.05, 3.63) is 66.2 Å². The second kappa shape index (κ2) is 4.51. The first kappa shape index (κ1) is 11.5. The van der Waals surface area contributed by atoms with Crippen LogP contribution in [-0.2, 0) is 9.84 Å². The minimum atomic E-state index is -3.93. The highest BCUT2D eigenvalue weighted by atomic mass is 32.2. The molecule has 0 saturated carbocycles. The number of carbonyl (C=O) groups excluding carboxylic acids is 1. The normalized spacial score (nSPS) is 11.1. The molecule has 86 valence electrons. The molecule has 0 amide bonds. The molecule has 0 aromatic heterocycles. The van der Waals surface area contributed by atoms with E-state index in [4.69, 9.17) is 0 Å². The van der Waals surface area contributed by atoms with E-state index in [2.05, 4.69) is 0 Å². The fourth-order valence-corrected chi connectivity index (χ4v) is 2.61. The maximum atomic E-state index is 12.0. The van der Waals surface area contributed by atoms with Crippen molar-refractivity contribution >= 4 is 15.0 Å². The van der Waals surface area contributed by atoms with Gasteiger partial charge in [-0.3, -0.25) is 4.79 Å². The summed E-state index contributed by atoms with van der Waals surface area (Å²) in [5, 5.41) is -0.871. The Morgan fingerprint density at radius 2 is 1.24 bits per heavy atom. The Morgan fingerprint density at radius 3 is 1.76 bits per heavy atom. The van der Waals surface area contributed by atoms with Crippen LogP contribution >= 0.6 is 0 Å². The number of carbonyl (C=O) groups is 1. The first-order chi connectivity index (χ1) is 8.12. The molecule has 0 fully saturated rings. The minimum Gasteiger partial charge on any atom is -0.276 e. The van der Waals surface area contributed by atoms with Crippen LogP contribution in [0.5, 0.6) is 0 Å². The predicted molar refractivity (Wildman–Crippen MR) is 64.4 cm³/mol. The Bertz CT molecular complexity index is 616. The minimum absolute atomic E-state index is 0.0221. The van der Waals surface area contributed by atoms with E-state index in [1.807, 2.05) is 0 Å². The maximum absolute atomic E-state index is 12.0. The topological polar surface area (TPSA) is 51.2 Å². The van der Waals surface area contributed by atoms with Gasteiger partial charge in [0, 0.05) is 5.56 Å². The largest absolute Gasteiger partial charge is 0.281 e. The van der Waals surface area contributed by atoms with Crippen LogP contribution in [-0.4, -0.2) is 13.5 Å². The van der Waals surface area contributed by atoms with Crippen molar-refractivity contribution in [2.75, 3.05) is 0 Å². The van der Waals surface area contributed by atoms with Crippen LogP contribution in [0.25, 0.3) is 0 Å². The smallest absolute Gasteiger partial charge is 0.276 e. The number of sulfone groups is 1. The van der Waals surface area contributed by atoms with Gasteiger partial charge in [0.2, 0.25) is 9.84 Å². The van der Waals surface area contributed by atoms with Crippen LogP contribution in [0.2, 0.25) is 0 Å². The van der Waals surface area contributed by atoms with E-state index in [1.54, 1.807) is 36.4 Å². The van der Waals surface area contributed by atoms with E-state index in [9.17, 15) is 13.2 Å². The molecule has 3 nitrogen and oxygen atoms in total. The summed E-state index contributed by atoms with van der Waals surface area (Å²) in [5.74, 6) is 0. The first-order valence-corrected chi connectivity index (χ1v) is 6.50. The molecule has 2 aromatic carbocycles. The van der Waals surface area contributed by atoms with Crippen LogP contribution in [0.4, 0.5) is 0 Å². The van der Waals surface area contributed by atoms with Gasteiger partial charge in [-0.25, -0.2) is 8.42 Å². The molecular formula is C13H10O3S. The monoisotopic (exact) mass is 246 g/mol. The summed E-state index contributed by atoms with van der Waals surface area (Å²) in [6.07, 6.45) is 0. The zero-order valence-electron chi connectivity index (χ0n) is 8.91. The van der Waals surface area contributed by atoms with Crippen LogP contribution in [0.3, 0.4) is 0 Å². The first-order valence-electron chi connectivity index (χ1n) is 5.02. The van der Waals surface area contributed by atoms with Crippen molar-refractivity contribution in [3.8, 4) is 0 Å². The van der Waals surface area contributed by atoms with Crippen molar-refractivity contribution in [1.29, 1.82) is 0 Å². The second-order valence-corrected chi connectivity index (χ2v) is 5.32. The standard InChI is InChI=1S/C13H10O3S/c14-13(11-7-3-1-4-8-11)17(15,16)12-9-5-2-6-10-12/h1-10H. The summed E-state index contributed by atoms with van der Waals surface area (Å²) < 4.78 is 24.0. The number of benzene rings is 2. The molecule has 4 heteroatoms. The van der Waals surface area contributed by atoms with Gasteiger partial charge in [-0.05, 0) is 12.1 Å². The van der Waals surface area contributed by atoms with Gasteiger partial charge in [-0.15, -0.1) is 0 Å². The zero-order chi connectivity index (χ0) is 12.3. The Labute approximate surface area is 99.6 Å². The van der Waals surface area contributed by atoms with E-state index in [0.29, 0.717) is 0 Å². The van der Waals surface area contributed by atoms with Crippen molar-refractivity contribution in [1.82, 2.24) is 0 Å².